The fraction of sp³-hybridized carbons (Fsp3) is 0.107. The summed E-state index contributed by atoms with van der Waals surface area (Å²) in [5.41, 5.74) is 5.57. The van der Waals surface area contributed by atoms with E-state index < -0.39 is 22.6 Å². The third-order valence-electron chi connectivity index (χ3n) is 12.0. The first-order chi connectivity index (χ1) is 31.1. The van der Waals surface area contributed by atoms with Crippen molar-refractivity contribution in [3.05, 3.63) is 288 Å². The number of hydrogen-bond acceptors (Lipinski definition) is 5. The van der Waals surface area contributed by atoms with Crippen LogP contribution in [0.4, 0.5) is 0 Å². The molecule has 0 bridgehead atoms. The van der Waals surface area contributed by atoms with Crippen LogP contribution in [0.15, 0.2) is 242 Å². The molecule has 0 fully saturated rings. The number of aromatic nitrogens is 4. The summed E-state index contributed by atoms with van der Waals surface area (Å²) in [5, 5.41) is 0. The van der Waals surface area contributed by atoms with E-state index in [-0.39, 0.29) is 12.8 Å². The molecule has 9 rings (SSSR count). The van der Waals surface area contributed by atoms with Crippen molar-refractivity contribution in [1.82, 2.24) is 19.1 Å². The second kappa shape index (κ2) is 18.0. The van der Waals surface area contributed by atoms with Gasteiger partial charge in [0.05, 0.1) is 31.2 Å². The molecule has 7 heteroatoms. The molecule has 0 N–H and O–H groups in total. The van der Waals surface area contributed by atoms with Gasteiger partial charge in [-0.1, -0.05) is 212 Å². The molecule has 7 nitrogen and oxygen atoms in total. The average molecular weight is 822 g/mol. The molecular formula is C56H47N5O2. The van der Waals surface area contributed by atoms with Crippen molar-refractivity contribution < 1.29 is 9.53 Å². The van der Waals surface area contributed by atoms with E-state index in [0.29, 0.717) is 11.4 Å². The van der Waals surface area contributed by atoms with Crippen molar-refractivity contribution >= 4 is 12.2 Å². The summed E-state index contributed by atoms with van der Waals surface area (Å²) in [6, 6.07) is 72.6. The van der Waals surface area contributed by atoms with Gasteiger partial charge in [-0.2, -0.15) is 0 Å². The Morgan fingerprint density at radius 1 is 0.476 bits per heavy atom. The summed E-state index contributed by atoms with van der Waals surface area (Å²) in [4.78, 5) is 29.9. The highest BCUT2D eigenvalue weighted by molar-refractivity contribution is 5.87. The number of carbonyl (C=O) groups is 1. The number of aliphatic imine (C=N–C) groups is 1. The standard InChI is InChI=1S/C56H47N5O2/c1-63-53(62)54(59-39-44-23-9-2-10-24-44,37-51-40-60(42-57-51)55(45-25-11-3-12-26-45,46-27-13-4-14-28-46)47-29-15-5-16-30-47)38-52-41-61(43-58-52)56(48-31-17-6-18-32-48,49-33-19-7-20-34-49)50-35-21-8-22-36-50/h2-36,39-43H,37-38H2,1H3. The van der Waals surface area contributed by atoms with Crippen LogP contribution in [0.25, 0.3) is 0 Å². The van der Waals surface area contributed by atoms with Crippen LogP contribution in [0, 0.1) is 0 Å². The summed E-state index contributed by atoms with van der Waals surface area (Å²) in [7, 11) is 1.42. The lowest BCUT2D eigenvalue weighted by atomic mass is 9.76. The van der Waals surface area contributed by atoms with Crippen LogP contribution in [-0.4, -0.2) is 43.9 Å². The number of ether oxygens (including phenoxy) is 1. The Labute approximate surface area is 368 Å². The topological polar surface area (TPSA) is 74.3 Å². The van der Waals surface area contributed by atoms with Crippen LogP contribution in [0.2, 0.25) is 0 Å². The number of esters is 1. The van der Waals surface area contributed by atoms with Crippen LogP contribution in [0.3, 0.4) is 0 Å². The van der Waals surface area contributed by atoms with Gasteiger partial charge in [0.1, 0.15) is 11.1 Å². The molecule has 0 aliphatic heterocycles. The van der Waals surface area contributed by atoms with E-state index in [9.17, 15) is 4.79 Å². The summed E-state index contributed by atoms with van der Waals surface area (Å²) in [6.45, 7) is 0. The molecule has 2 heterocycles. The van der Waals surface area contributed by atoms with Gasteiger partial charge in [0.25, 0.3) is 0 Å². The number of nitrogens with zero attached hydrogens (tertiary/aromatic N) is 5. The highest BCUT2D eigenvalue weighted by atomic mass is 16.5. The lowest BCUT2D eigenvalue weighted by molar-refractivity contribution is -0.146. The van der Waals surface area contributed by atoms with Crippen molar-refractivity contribution in [2.24, 2.45) is 4.99 Å². The van der Waals surface area contributed by atoms with Gasteiger partial charge in [0.2, 0.25) is 0 Å². The molecule has 0 aliphatic rings. The lowest BCUT2D eigenvalue weighted by Crippen LogP contribution is -2.43. The molecule has 308 valence electrons. The number of rotatable bonds is 15. The predicted octanol–water partition coefficient (Wildman–Crippen LogP) is 10.6. The molecule has 63 heavy (non-hydrogen) atoms. The summed E-state index contributed by atoms with van der Waals surface area (Å²) in [6.07, 6.45) is 9.87. The Balaban J connectivity index is 1.20. The van der Waals surface area contributed by atoms with E-state index in [4.69, 9.17) is 19.7 Å². The number of methoxy groups -OCH3 is 1. The molecule has 7 aromatic carbocycles. The third-order valence-corrected chi connectivity index (χ3v) is 12.0. The average Bonchev–Trinajstić information content (AvgIpc) is 4.03. The number of carbonyl (C=O) groups excluding carboxylic acids is 1. The van der Waals surface area contributed by atoms with E-state index in [1.54, 1.807) is 6.21 Å². The van der Waals surface area contributed by atoms with E-state index >= 15 is 0 Å². The highest BCUT2D eigenvalue weighted by Crippen LogP contribution is 2.43. The summed E-state index contributed by atoms with van der Waals surface area (Å²) < 4.78 is 10.0. The fourth-order valence-corrected chi connectivity index (χ4v) is 9.12. The molecule has 2 aromatic heterocycles. The number of imidazole rings is 2. The molecule has 0 aliphatic carbocycles. The normalized spacial score (nSPS) is 12.0. The summed E-state index contributed by atoms with van der Waals surface area (Å²) in [5.74, 6) is -0.486. The quantitative estimate of drug-likeness (QED) is 0.0586. The first-order valence-electron chi connectivity index (χ1n) is 21.1. The minimum absolute atomic E-state index is 0.137. The minimum Gasteiger partial charge on any atom is -0.467 e. The molecular weight excluding hydrogens is 775 g/mol. The minimum atomic E-state index is -1.45. The molecule has 0 atom stereocenters. The number of benzene rings is 7. The monoisotopic (exact) mass is 821 g/mol. The lowest BCUT2D eigenvalue weighted by Gasteiger charge is -2.37. The SMILES string of the molecule is COC(=O)C(Cc1cn(C(c2ccccc2)(c2ccccc2)c2ccccc2)cn1)(Cc1cn(C(c2ccccc2)(c2ccccc2)c2ccccc2)cn1)N=Cc1ccccc1. The van der Waals surface area contributed by atoms with Crippen molar-refractivity contribution in [3.63, 3.8) is 0 Å². The Kier molecular flexibility index (Phi) is 11.6. The molecule has 0 amide bonds. The third kappa shape index (κ3) is 7.70. The van der Waals surface area contributed by atoms with Gasteiger partial charge in [-0.25, -0.2) is 14.8 Å². The van der Waals surface area contributed by atoms with Crippen molar-refractivity contribution in [1.29, 1.82) is 0 Å². The van der Waals surface area contributed by atoms with Crippen LogP contribution in [0.1, 0.15) is 50.3 Å². The maximum atomic E-state index is 14.6. The van der Waals surface area contributed by atoms with Crippen molar-refractivity contribution in [2.75, 3.05) is 7.11 Å². The molecule has 0 unspecified atom stereocenters. The molecule has 9 aromatic rings. The van der Waals surface area contributed by atoms with Gasteiger partial charge >= 0.3 is 5.97 Å². The molecule has 0 radical (unpaired) electrons. The fourth-order valence-electron chi connectivity index (χ4n) is 9.12. The van der Waals surface area contributed by atoms with Gasteiger partial charge in [-0.15, -0.1) is 0 Å². The van der Waals surface area contributed by atoms with E-state index in [1.165, 1.54) is 7.11 Å². The number of hydrogen-bond donors (Lipinski definition) is 0. The zero-order valence-corrected chi connectivity index (χ0v) is 35.1. The van der Waals surface area contributed by atoms with Crippen molar-refractivity contribution in [2.45, 2.75) is 29.5 Å². The second-order valence-electron chi connectivity index (χ2n) is 15.7. The Hall–Kier alpha value is -7.90. The van der Waals surface area contributed by atoms with E-state index in [2.05, 4.69) is 155 Å². The van der Waals surface area contributed by atoms with Gasteiger partial charge in [-0.3, -0.25) is 4.99 Å². The largest absolute Gasteiger partial charge is 0.467 e. The van der Waals surface area contributed by atoms with Gasteiger partial charge in [-0.05, 0) is 38.9 Å². The predicted molar refractivity (Wildman–Crippen MR) is 250 cm³/mol. The van der Waals surface area contributed by atoms with Gasteiger partial charge in [0, 0.05) is 31.4 Å². The first kappa shape index (κ1) is 40.5. The maximum absolute atomic E-state index is 14.6. The van der Waals surface area contributed by atoms with Crippen LogP contribution < -0.4 is 0 Å². The summed E-state index contributed by atoms with van der Waals surface area (Å²) >= 11 is 0. The Morgan fingerprint density at radius 2 is 0.762 bits per heavy atom. The molecule has 0 saturated carbocycles. The first-order valence-corrected chi connectivity index (χ1v) is 21.1. The smallest absolute Gasteiger partial charge is 0.334 e. The highest BCUT2D eigenvalue weighted by Gasteiger charge is 2.44. The Morgan fingerprint density at radius 3 is 1.05 bits per heavy atom. The van der Waals surface area contributed by atoms with E-state index in [0.717, 1.165) is 38.9 Å². The van der Waals surface area contributed by atoms with Gasteiger partial charge < -0.3 is 13.9 Å². The van der Waals surface area contributed by atoms with Crippen LogP contribution in [-0.2, 0) is 33.5 Å². The molecule has 0 spiro atoms. The molecule has 0 saturated heterocycles. The Bertz CT molecular complexity index is 2520. The second-order valence-corrected chi connectivity index (χ2v) is 15.7. The van der Waals surface area contributed by atoms with E-state index in [1.807, 2.05) is 91.8 Å². The van der Waals surface area contributed by atoms with Gasteiger partial charge in [0.15, 0.2) is 5.54 Å². The zero-order chi connectivity index (χ0) is 43.0. The van der Waals surface area contributed by atoms with Crippen molar-refractivity contribution in [3.8, 4) is 0 Å². The van der Waals surface area contributed by atoms with Crippen LogP contribution in [0.5, 0.6) is 0 Å². The zero-order valence-electron chi connectivity index (χ0n) is 35.1. The maximum Gasteiger partial charge on any atom is 0.334 e. The van der Waals surface area contributed by atoms with Crippen LogP contribution >= 0.6 is 0 Å².